The van der Waals surface area contributed by atoms with E-state index in [0.29, 0.717) is 50.4 Å². The van der Waals surface area contributed by atoms with Crippen LogP contribution in [0, 0.1) is 22.7 Å². The van der Waals surface area contributed by atoms with Gasteiger partial charge in [0.2, 0.25) is 0 Å². The average molecular weight is 663 g/mol. The first kappa shape index (κ1) is 34.5. The summed E-state index contributed by atoms with van der Waals surface area (Å²) in [7, 11) is 2.77. The van der Waals surface area contributed by atoms with Crippen LogP contribution in [0.25, 0.3) is 32.7 Å². The van der Waals surface area contributed by atoms with Crippen LogP contribution in [0.5, 0.6) is 0 Å². The van der Waals surface area contributed by atoms with Gasteiger partial charge in [-0.25, -0.2) is 0 Å². The lowest BCUT2D eigenvalue weighted by atomic mass is 10.1. The topological polar surface area (TPSA) is 99.2 Å². The highest BCUT2D eigenvalue weighted by Gasteiger charge is 2.35. The van der Waals surface area contributed by atoms with Crippen molar-refractivity contribution in [1.29, 1.82) is 10.5 Å². The SMILES string of the molecule is Cn1c(C(F)(F)F)cc2cc(C#N)ccc21.Cn1c(C(F)(F)F)cc2cc(CN)ccc21.N#Cc1ccc2[nH]c(C(F)(F)F)cc2c1. The van der Waals surface area contributed by atoms with Crippen LogP contribution in [0.2, 0.25) is 0 Å². The van der Waals surface area contributed by atoms with Gasteiger partial charge in [0.25, 0.3) is 0 Å². The maximum absolute atomic E-state index is 12.6. The summed E-state index contributed by atoms with van der Waals surface area (Å²) in [5.74, 6) is 0. The Morgan fingerprint density at radius 1 is 0.617 bits per heavy atom. The van der Waals surface area contributed by atoms with Crippen LogP contribution in [0.3, 0.4) is 0 Å². The molecule has 0 aliphatic rings. The molecule has 0 saturated heterocycles. The summed E-state index contributed by atoms with van der Waals surface area (Å²) >= 11 is 0. The van der Waals surface area contributed by atoms with Crippen molar-refractivity contribution in [3.63, 3.8) is 0 Å². The van der Waals surface area contributed by atoms with Crippen LogP contribution < -0.4 is 5.73 Å². The molecule has 6 aromatic rings. The zero-order valence-corrected chi connectivity index (χ0v) is 24.4. The number of aryl methyl sites for hydroxylation is 2. The van der Waals surface area contributed by atoms with E-state index in [0.717, 1.165) is 32.9 Å². The summed E-state index contributed by atoms with van der Waals surface area (Å²) in [6.45, 7) is 0.326. The van der Waals surface area contributed by atoms with Crippen molar-refractivity contribution < 1.29 is 39.5 Å². The third-order valence-corrected chi connectivity index (χ3v) is 7.15. The number of H-pyrrole nitrogens is 1. The quantitative estimate of drug-likeness (QED) is 0.172. The van der Waals surface area contributed by atoms with E-state index in [1.807, 2.05) is 12.1 Å². The van der Waals surface area contributed by atoms with Gasteiger partial charge in [-0.3, -0.25) is 0 Å². The van der Waals surface area contributed by atoms with Crippen LogP contribution in [-0.4, -0.2) is 14.1 Å². The van der Waals surface area contributed by atoms with Crippen LogP contribution >= 0.6 is 0 Å². The first-order chi connectivity index (χ1) is 21.9. The zero-order valence-electron chi connectivity index (χ0n) is 24.4. The summed E-state index contributed by atoms with van der Waals surface area (Å²) in [6, 6.07) is 20.9. The fourth-order valence-corrected chi connectivity index (χ4v) is 4.84. The number of hydrogen-bond donors (Lipinski definition) is 2. The van der Waals surface area contributed by atoms with Gasteiger partial charge in [0.05, 0.1) is 23.3 Å². The molecule has 6 rings (SSSR count). The number of benzene rings is 3. The van der Waals surface area contributed by atoms with Crippen LogP contribution in [-0.2, 0) is 39.2 Å². The minimum absolute atomic E-state index is 0.326. The van der Waals surface area contributed by atoms with Crippen molar-refractivity contribution in [2.45, 2.75) is 25.1 Å². The smallest absolute Gasteiger partial charge is 0.351 e. The standard InChI is InChI=1S/C11H11F3N2.C11H7F3N2.C10H5F3N2/c2*1-16-9-3-2-7(6-15)4-8(9)5-10(16)11(12,13)14;11-10(12,13)9-4-7-3-6(5-14)1-2-8(7)15-9/h2-5H,6,15H2,1H3;2-5H,1H3;1-4,15H. The predicted molar refractivity (Wildman–Crippen MR) is 156 cm³/mol. The number of aromatic amines is 1. The number of aromatic nitrogens is 3. The first-order valence-corrected chi connectivity index (χ1v) is 13.4. The molecule has 47 heavy (non-hydrogen) atoms. The molecule has 6 nitrogen and oxygen atoms in total. The van der Waals surface area contributed by atoms with E-state index in [1.165, 1.54) is 50.5 Å². The molecule has 3 aromatic heterocycles. The Morgan fingerprint density at radius 3 is 1.55 bits per heavy atom. The highest BCUT2D eigenvalue weighted by Crippen LogP contribution is 2.35. The van der Waals surface area contributed by atoms with Crippen molar-refractivity contribution in [2.75, 3.05) is 0 Å². The largest absolute Gasteiger partial charge is 0.431 e. The molecular weight excluding hydrogens is 639 g/mol. The monoisotopic (exact) mass is 662 g/mol. The normalized spacial score (nSPS) is 11.9. The number of halogens is 9. The van der Waals surface area contributed by atoms with E-state index in [4.69, 9.17) is 16.3 Å². The van der Waals surface area contributed by atoms with Crippen molar-refractivity contribution in [2.24, 2.45) is 19.8 Å². The van der Waals surface area contributed by atoms with Gasteiger partial charge in [0.15, 0.2) is 0 Å². The molecule has 3 aromatic carbocycles. The number of fused-ring (bicyclic) bond motifs is 3. The molecule has 3 N–H and O–H groups in total. The van der Waals surface area contributed by atoms with E-state index >= 15 is 0 Å². The minimum atomic E-state index is -4.38. The Balaban J connectivity index is 0.000000160. The summed E-state index contributed by atoms with van der Waals surface area (Å²) < 4.78 is 115. The zero-order chi connectivity index (χ0) is 34.9. The third-order valence-electron chi connectivity index (χ3n) is 7.15. The highest BCUT2D eigenvalue weighted by molar-refractivity contribution is 5.84. The summed E-state index contributed by atoms with van der Waals surface area (Å²) in [6.07, 6.45) is -13.1. The molecular formula is C32H23F9N6. The molecule has 0 spiro atoms. The molecule has 0 amide bonds. The lowest BCUT2D eigenvalue weighted by molar-refractivity contribution is -0.143. The number of nitriles is 2. The molecule has 15 heteroatoms. The van der Waals surface area contributed by atoms with Crippen LogP contribution in [0.4, 0.5) is 39.5 Å². The maximum atomic E-state index is 12.6. The number of nitrogens with one attached hydrogen (secondary N) is 1. The summed E-state index contributed by atoms with van der Waals surface area (Å²) in [5.41, 5.74) is 6.21. The fourth-order valence-electron chi connectivity index (χ4n) is 4.84. The molecule has 0 unspecified atom stereocenters. The molecule has 0 radical (unpaired) electrons. The highest BCUT2D eigenvalue weighted by atomic mass is 19.4. The van der Waals surface area contributed by atoms with Gasteiger partial charge in [-0.2, -0.15) is 50.0 Å². The number of rotatable bonds is 1. The van der Waals surface area contributed by atoms with E-state index < -0.39 is 35.6 Å². The summed E-state index contributed by atoms with van der Waals surface area (Å²) in [5, 5.41) is 18.6. The molecule has 3 heterocycles. The van der Waals surface area contributed by atoms with Gasteiger partial charge in [0, 0.05) is 53.3 Å². The molecule has 244 valence electrons. The molecule has 0 atom stereocenters. The van der Waals surface area contributed by atoms with Gasteiger partial charge < -0.3 is 19.9 Å². The molecule has 0 aliphatic heterocycles. The Bertz CT molecular complexity index is 2150. The van der Waals surface area contributed by atoms with Crippen molar-refractivity contribution in [1.82, 2.24) is 14.1 Å². The Morgan fingerprint density at radius 2 is 1.09 bits per heavy atom. The second kappa shape index (κ2) is 12.8. The number of hydrogen-bond acceptors (Lipinski definition) is 3. The number of nitrogens with two attached hydrogens (primary N) is 1. The molecule has 0 aliphatic carbocycles. The van der Waals surface area contributed by atoms with Gasteiger partial charge in [-0.1, -0.05) is 6.07 Å². The molecule has 0 saturated carbocycles. The van der Waals surface area contributed by atoms with E-state index in [2.05, 4.69) is 4.98 Å². The second-order valence-electron chi connectivity index (χ2n) is 10.3. The third kappa shape index (κ3) is 7.53. The van der Waals surface area contributed by atoms with Gasteiger partial charge in [-0.05, 0) is 72.3 Å². The van der Waals surface area contributed by atoms with Gasteiger partial charge in [-0.15, -0.1) is 0 Å². The average Bonchev–Trinajstić information content (AvgIpc) is 3.70. The Labute approximate surface area is 260 Å². The van der Waals surface area contributed by atoms with Crippen LogP contribution in [0.15, 0.2) is 72.8 Å². The number of alkyl halides is 9. The van der Waals surface area contributed by atoms with E-state index in [1.54, 1.807) is 18.2 Å². The summed E-state index contributed by atoms with van der Waals surface area (Å²) in [4.78, 5) is 2.25. The maximum Gasteiger partial charge on any atom is 0.431 e. The Kier molecular flexibility index (Phi) is 9.36. The van der Waals surface area contributed by atoms with Crippen molar-refractivity contribution in [3.8, 4) is 12.1 Å². The lowest BCUT2D eigenvalue weighted by Crippen LogP contribution is -2.10. The minimum Gasteiger partial charge on any atom is -0.351 e. The van der Waals surface area contributed by atoms with Crippen molar-refractivity contribution in [3.05, 3.63) is 107 Å². The predicted octanol–water partition coefficient (Wildman–Crippen LogP) is 8.78. The van der Waals surface area contributed by atoms with Gasteiger partial charge in [0.1, 0.15) is 17.1 Å². The fraction of sp³-hybridized carbons (Fsp3) is 0.188. The van der Waals surface area contributed by atoms with E-state index in [-0.39, 0.29) is 0 Å². The van der Waals surface area contributed by atoms with E-state index in [9.17, 15) is 39.5 Å². The molecule has 0 bridgehead atoms. The molecule has 0 fully saturated rings. The first-order valence-electron chi connectivity index (χ1n) is 13.4. The van der Waals surface area contributed by atoms with Crippen molar-refractivity contribution >= 4 is 32.7 Å². The van der Waals surface area contributed by atoms with Crippen LogP contribution in [0.1, 0.15) is 33.8 Å². The van der Waals surface area contributed by atoms with Gasteiger partial charge >= 0.3 is 18.5 Å². The Hall–Kier alpha value is -5.41. The second-order valence-corrected chi connectivity index (χ2v) is 10.3. The lowest BCUT2D eigenvalue weighted by Gasteiger charge is -2.07. The number of nitrogens with zero attached hydrogens (tertiary/aromatic N) is 4.